The van der Waals surface area contributed by atoms with Crippen molar-refractivity contribution in [2.75, 3.05) is 46.8 Å². The van der Waals surface area contributed by atoms with Crippen molar-refractivity contribution in [2.24, 2.45) is 26.3 Å². The molecule has 0 aromatic heterocycles. The van der Waals surface area contributed by atoms with Crippen molar-refractivity contribution in [3.8, 4) is 0 Å². The van der Waals surface area contributed by atoms with Gasteiger partial charge in [0.1, 0.15) is 18.2 Å². The molecule has 220 valence electrons. The van der Waals surface area contributed by atoms with E-state index in [0.717, 1.165) is 44.5 Å². The second-order valence-corrected chi connectivity index (χ2v) is 11.4. The lowest BCUT2D eigenvalue weighted by atomic mass is 9.78. The molecule has 41 heavy (non-hydrogen) atoms. The Bertz CT molecular complexity index is 1220. The van der Waals surface area contributed by atoms with Gasteiger partial charge >= 0.3 is 0 Å². The minimum absolute atomic E-state index is 0.0185. The van der Waals surface area contributed by atoms with Gasteiger partial charge in [-0.15, -0.1) is 0 Å². The van der Waals surface area contributed by atoms with Crippen LogP contribution in [0.25, 0.3) is 0 Å². The van der Waals surface area contributed by atoms with Crippen LogP contribution in [-0.4, -0.2) is 99.4 Å². The number of benzene rings is 1. The Morgan fingerprint density at radius 1 is 1.20 bits per heavy atom. The van der Waals surface area contributed by atoms with Gasteiger partial charge in [-0.25, -0.2) is 9.38 Å². The molecule has 2 fully saturated rings. The Labute approximate surface area is 242 Å². The number of piperazine rings is 1. The largest absolute Gasteiger partial charge is 0.340 e. The van der Waals surface area contributed by atoms with Gasteiger partial charge in [-0.2, -0.15) is 0 Å². The summed E-state index contributed by atoms with van der Waals surface area (Å²) in [4.78, 5) is 42.7. The molecule has 2 aliphatic carbocycles. The average molecular weight is 564 g/mol. The number of amides is 2. The molecule has 1 aromatic carbocycles. The highest BCUT2D eigenvalue weighted by Crippen LogP contribution is 2.50. The third-order valence-electron chi connectivity index (χ3n) is 8.37. The molecule has 1 saturated heterocycles. The van der Waals surface area contributed by atoms with Gasteiger partial charge in [-0.05, 0) is 81.6 Å². The first-order valence-electron chi connectivity index (χ1n) is 14.4. The fraction of sp³-hybridized carbons (Fsp3) is 0.516. The molecule has 1 saturated carbocycles. The smallest absolute Gasteiger partial charge is 0.251 e. The van der Waals surface area contributed by atoms with Crippen LogP contribution in [0.15, 0.2) is 63.3 Å². The van der Waals surface area contributed by atoms with Crippen LogP contribution < -0.4 is 10.6 Å². The summed E-state index contributed by atoms with van der Waals surface area (Å²) >= 11 is 0. The number of amidine groups is 1. The lowest BCUT2D eigenvalue weighted by Crippen LogP contribution is -2.54. The number of hydrogen-bond acceptors (Lipinski definition) is 5. The number of nitrogens with zero attached hydrogens (tertiary/aromatic N) is 5. The minimum Gasteiger partial charge on any atom is -0.340 e. The number of halogens is 1. The summed E-state index contributed by atoms with van der Waals surface area (Å²) in [7, 11) is 3.68. The lowest BCUT2D eigenvalue weighted by molar-refractivity contribution is -0.135. The van der Waals surface area contributed by atoms with Crippen LogP contribution in [-0.2, 0) is 4.79 Å². The monoisotopic (exact) mass is 563 g/mol. The summed E-state index contributed by atoms with van der Waals surface area (Å²) in [6, 6.07) is 6.75. The molecule has 3 aliphatic rings. The summed E-state index contributed by atoms with van der Waals surface area (Å²) in [5, 5.41) is 6.62. The van der Waals surface area contributed by atoms with Crippen molar-refractivity contribution in [2.45, 2.75) is 44.7 Å². The summed E-state index contributed by atoms with van der Waals surface area (Å²) in [5.41, 5.74) is 1.19. The fourth-order valence-corrected chi connectivity index (χ4v) is 5.62. The molecule has 4 atom stereocenters. The molecule has 1 unspecified atom stereocenters. The number of rotatable bonds is 11. The van der Waals surface area contributed by atoms with Crippen LogP contribution in [0.1, 0.15) is 48.5 Å². The van der Waals surface area contributed by atoms with E-state index in [4.69, 9.17) is 0 Å². The molecule has 9 nitrogen and oxygen atoms in total. The zero-order valence-electron chi connectivity index (χ0n) is 24.4. The highest BCUT2D eigenvalue weighted by Gasteiger charge is 2.48. The maximum atomic E-state index is 13.5. The second kappa shape index (κ2) is 13.9. The molecular weight excluding hydrogens is 521 g/mol. The predicted octanol–water partition coefficient (Wildman–Crippen LogP) is 3.24. The van der Waals surface area contributed by atoms with Gasteiger partial charge in [0.2, 0.25) is 5.91 Å². The molecular formula is C31H42FN7O2. The van der Waals surface area contributed by atoms with E-state index in [1.807, 2.05) is 18.0 Å². The third kappa shape index (κ3) is 8.04. The Balaban J connectivity index is 1.34. The van der Waals surface area contributed by atoms with Crippen LogP contribution in [0, 0.1) is 11.3 Å². The number of likely N-dealkylation sites (N-methyl/N-ethyl adjacent to an activating group) is 1. The zero-order valence-corrected chi connectivity index (χ0v) is 24.4. The van der Waals surface area contributed by atoms with Crippen molar-refractivity contribution < 1.29 is 14.0 Å². The van der Waals surface area contributed by atoms with Crippen molar-refractivity contribution in [1.29, 1.82) is 0 Å². The van der Waals surface area contributed by atoms with Crippen molar-refractivity contribution in [3.63, 3.8) is 0 Å². The molecule has 0 spiro atoms. The molecule has 0 radical (unpaired) electrons. The van der Waals surface area contributed by atoms with Crippen molar-refractivity contribution >= 4 is 30.7 Å². The third-order valence-corrected chi connectivity index (χ3v) is 8.37. The van der Waals surface area contributed by atoms with Gasteiger partial charge in [-0.3, -0.25) is 19.6 Å². The van der Waals surface area contributed by atoms with Gasteiger partial charge in [0, 0.05) is 50.4 Å². The summed E-state index contributed by atoms with van der Waals surface area (Å²) < 4.78 is 13.4. The number of hydrogen-bond donors (Lipinski definition) is 2. The first-order chi connectivity index (χ1) is 19.7. The summed E-state index contributed by atoms with van der Waals surface area (Å²) in [6.07, 6.45) is 9.65. The standard InChI is InChI=1S/C31H42FN7O2/c1-31(13-11-24(32)12-14-31)25-20-27(25)35-15-5-6-26(30(41)39-18-16-38(4)17-19-39)37-29(40)23-9-7-22(8-10-23)28(34-3)36-21-33-2/h7-13,21,25-27,35H,2,5-6,14-20H2,1,3-4H3,(H,37,40)/b34-28-,36-21-/t25-,26+,27-,31?/m1/s1. The van der Waals surface area contributed by atoms with Gasteiger partial charge in [0.25, 0.3) is 5.91 Å². The lowest BCUT2D eigenvalue weighted by Gasteiger charge is -2.35. The van der Waals surface area contributed by atoms with E-state index in [1.54, 1.807) is 43.5 Å². The fourth-order valence-electron chi connectivity index (χ4n) is 5.62. The van der Waals surface area contributed by atoms with Crippen LogP contribution in [0.3, 0.4) is 0 Å². The second-order valence-electron chi connectivity index (χ2n) is 11.4. The van der Waals surface area contributed by atoms with Crippen molar-refractivity contribution in [3.05, 3.63) is 59.4 Å². The Morgan fingerprint density at radius 2 is 1.90 bits per heavy atom. The Morgan fingerprint density at radius 3 is 2.54 bits per heavy atom. The zero-order chi connectivity index (χ0) is 29.4. The van der Waals surface area contributed by atoms with Crippen LogP contribution in [0.5, 0.6) is 0 Å². The average Bonchev–Trinajstić information content (AvgIpc) is 3.77. The van der Waals surface area contributed by atoms with E-state index in [1.165, 1.54) is 6.34 Å². The first kappa shape index (κ1) is 30.5. The quantitative estimate of drug-likeness (QED) is 0.245. The highest BCUT2D eigenvalue weighted by atomic mass is 19.1. The predicted molar refractivity (Wildman–Crippen MR) is 162 cm³/mol. The van der Waals surface area contributed by atoms with Gasteiger partial charge < -0.3 is 20.4 Å². The van der Waals surface area contributed by atoms with Crippen LogP contribution in [0.4, 0.5) is 4.39 Å². The number of allylic oxidation sites excluding steroid dienone is 4. The van der Waals surface area contributed by atoms with Crippen LogP contribution >= 0.6 is 0 Å². The van der Waals surface area contributed by atoms with E-state index in [0.29, 0.717) is 42.9 Å². The van der Waals surface area contributed by atoms with E-state index < -0.39 is 6.04 Å². The maximum absolute atomic E-state index is 13.5. The minimum atomic E-state index is -0.606. The van der Waals surface area contributed by atoms with E-state index in [2.05, 4.69) is 44.2 Å². The maximum Gasteiger partial charge on any atom is 0.251 e. The summed E-state index contributed by atoms with van der Waals surface area (Å²) in [5.74, 6) is 0.479. The van der Waals surface area contributed by atoms with Gasteiger partial charge in [0.05, 0.1) is 0 Å². The molecule has 1 aromatic rings. The number of carbonyl (C=O) groups excluding carboxylic acids is 2. The highest BCUT2D eigenvalue weighted by molar-refractivity contribution is 6.04. The first-order valence-corrected chi connectivity index (χ1v) is 14.4. The molecule has 1 heterocycles. The number of aliphatic imine (C=N–C) groups is 3. The molecule has 1 aliphatic heterocycles. The SMILES string of the molecule is C=N/C=N\C(=N/C)c1ccc(C(=O)N[C@@H](CCCN[C@@H]2C[C@H]2C2(C)C=CC(F)=CC2)C(=O)N2CCN(C)CC2)cc1. The molecule has 2 amide bonds. The normalized spacial score (nSPS) is 25.6. The van der Waals surface area contributed by atoms with E-state index in [-0.39, 0.29) is 23.1 Å². The Kier molecular flexibility index (Phi) is 10.3. The van der Waals surface area contributed by atoms with Gasteiger partial charge in [-0.1, -0.05) is 25.1 Å². The van der Waals surface area contributed by atoms with E-state index >= 15 is 0 Å². The van der Waals surface area contributed by atoms with Crippen molar-refractivity contribution in [1.82, 2.24) is 20.4 Å². The Hall–Kier alpha value is -3.50. The number of nitrogens with one attached hydrogen (secondary N) is 2. The summed E-state index contributed by atoms with van der Waals surface area (Å²) in [6.45, 7) is 9.26. The molecule has 0 bridgehead atoms. The van der Waals surface area contributed by atoms with Crippen LogP contribution in [0.2, 0.25) is 0 Å². The molecule has 2 N–H and O–H groups in total. The topological polar surface area (TPSA) is 102 Å². The molecule has 4 rings (SSSR count). The van der Waals surface area contributed by atoms with E-state index in [9.17, 15) is 14.0 Å². The van der Waals surface area contributed by atoms with Gasteiger partial charge in [0.15, 0.2) is 5.84 Å². The number of carbonyl (C=O) groups is 2. The molecule has 10 heteroatoms.